The molecule has 0 bridgehead atoms. The SMILES string of the molecule is CC(C)(C)OC(=O)C1C(N=C=O)=CS[C@@H]2C(NC(=O)Cc3cccs3)C(=O)N12. The van der Waals surface area contributed by atoms with Gasteiger partial charge >= 0.3 is 5.97 Å². The molecule has 10 heteroatoms. The minimum absolute atomic E-state index is 0.0993. The number of carbonyl (C=O) groups excluding carboxylic acids is 4. The molecular formula is C18H19N3O5S2. The van der Waals surface area contributed by atoms with E-state index in [1.165, 1.54) is 39.5 Å². The number of β-lactam (4-membered cyclic amide) rings is 1. The first kappa shape index (κ1) is 20.3. The van der Waals surface area contributed by atoms with Gasteiger partial charge in [0.2, 0.25) is 17.9 Å². The van der Waals surface area contributed by atoms with Crippen molar-refractivity contribution in [2.24, 2.45) is 4.99 Å². The second-order valence-electron chi connectivity index (χ2n) is 7.26. The molecule has 2 aliphatic heterocycles. The van der Waals surface area contributed by atoms with Gasteiger partial charge < -0.3 is 15.0 Å². The summed E-state index contributed by atoms with van der Waals surface area (Å²) >= 11 is 2.67. The van der Waals surface area contributed by atoms with Crippen molar-refractivity contribution in [3.05, 3.63) is 33.5 Å². The molecule has 3 heterocycles. The minimum Gasteiger partial charge on any atom is -0.458 e. The molecule has 2 aliphatic rings. The van der Waals surface area contributed by atoms with E-state index in [1.807, 2.05) is 17.5 Å². The van der Waals surface area contributed by atoms with Crippen LogP contribution in [0.2, 0.25) is 0 Å². The number of isocyanates is 1. The van der Waals surface area contributed by atoms with Gasteiger partial charge in [0.05, 0.1) is 12.1 Å². The van der Waals surface area contributed by atoms with Gasteiger partial charge in [-0.2, -0.15) is 4.99 Å². The molecule has 3 rings (SSSR count). The van der Waals surface area contributed by atoms with Gasteiger partial charge in [0, 0.05) is 4.88 Å². The average Bonchev–Trinajstić information content (AvgIpc) is 3.10. The van der Waals surface area contributed by atoms with Crippen LogP contribution in [0.15, 0.2) is 33.6 Å². The molecule has 1 fully saturated rings. The molecule has 0 saturated carbocycles. The fourth-order valence-corrected chi connectivity index (χ4v) is 4.77. The molecule has 0 aliphatic carbocycles. The Morgan fingerprint density at radius 2 is 2.14 bits per heavy atom. The van der Waals surface area contributed by atoms with Crippen LogP contribution in [0.4, 0.5) is 0 Å². The number of hydrogen-bond acceptors (Lipinski definition) is 8. The molecule has 1 aromatic rings. The van der Waals surface area contributed by atoms with Crippen molar-refractivity contribution < 1.29 is 23.9 Å². The maximum Gasteiger partial charge on any atom is 0.335 e. The summed E-state index contributed by atoms with van der Waals surface area (Å²) in [5.41, 5.74) is -0.669. The highest BCUT2D eigenvalue weighted by atomic mass is 32.2. The Morgan fingerprint density at radius 1 is 1.39 bits per heavy atom. The summed E-state index contributed by atoms with van der Waals surface area (Å²) in [6, 6.07) is 1.82. The van der Waals surface area contributed by atoms with Crippen molar-refractivity contribution >= 4 is 47.0 Å². The fraction of sp³-hybridized carbons (Fsp3) is 0.444. The van der Waals surface area contributed by atoms with Crippen LogP contribution in [-0.2, 0) is 30.3 Å². The standard InChI is InChI=1S/C18H19N3O5S2/c1-18(2,3)26-17(25)14-11(19-9-22)8-28-16-13(15(24)21(14)16)20-12(23)7-10-5-4-6-27-10/h4-6,8,13-14,16H,7H2,1-3H3,(H,20,23)/t13?,14?,16-/m1/s1. The van der Waals surface area contributed by atoms with Crippen molar-refractivity contribution in [1.29, 1.82) is 0 Å². The van der Waals surface area contributed by atoms with Crippen LogP contribution >= 0.6 is 23.1 Å². The highest BCUT2D eigenvalue weighted by Crippen LogP contribution is 2.41. The number of nitrogens with zero attached hydrogens (tertiary/aromatic N) is 2. The molecule has 1 N–H and O–H groups in total. The Bertz CT molecular complexity index is 868. The Morgan fingerprint density at radius 3 is 2.75 bits per heavy atom. The molecule has 0 radical (unpaired) electrons. The Balaban J connectivity index is 1.75. The number of rotatable bonds is 5. The summed E-state index contributed by atoms with van der Waals surface area (Å²) in [6.45, 7) is 5.12. The van der Waals surface area contributed by atoms with Gasteiger partial charge in [0.25, 0.3) is 0 Å². The summed E-state index contributed by atoms with van der Waals surface area (Å²) in [5.74, 6) is -1.37. The first-order valence-corrected chi connectivity index (χ1v) is 10.3. The van der Waals surface area contributed by atoms with Gasteiger partial charge in [-0.3, -0.25) is 9.59 Å². The summed E-state index contributed by atoms with van der Waals surface area (Å²) in [5, 5.41) is 5.66. The monoisotopic (exact) mass is 421 g/mol. The van der Waals surface area contributed by atoms with Crippen LogP contribution < -0.4 is 5.32 Å². The van der Waals surface area contributed by atoms with Crippen molar-refractivity contribution in [1.82, 2.24) is 10.2 Å². The Hall–Kier alpha value is -2.42. The zero-order chi connectivity index (χ0) is 20.5. The number of esters is 1. The molecule has 1 saturated heterocycles. The normalized spacial score (nSPS) is 23.7. The topological polar surface area (TPSA) is 105 Å². The Kier molecular flexibility index (Phi) is 5.74. The van der Waals surface area contributed by atoms with E-state index in [0.29, 0.717) is 0 Å². The number of nitrogens with one attached hydrogen (secondary N) is 1. The van der Waals surface area contributed by atoms with Crippen molar-refractivity contribution in [2.45, 2.75) is 50.3 Å². The number of ether oxygens (including phenoxy) is 1. The molecule has 28 heavy (non-hydrogen) atoms. The average molecular weight is 422 g/mol. The van der Waals surface area contributed by atoms with Gasteiger partial charge in [-0.05, 0) is 37.6 Å². The summed E-state index contributed by atoms with van der Waals surface area (Å²) in [7, 11) is 0. The van der Waals surface area contributed by atoms with Gasteiger partial charge in [0.15, 0.2) is 6.04 Å². The largest absolute Gasteiger partial charge is 0.458 e. The predicted octanol–water partition coefficient (Wildman–Crippen LogP) is 1.58. The van der Waals surface area contributed by atoms with Crippen LogP contribution in [0.25, 0.3) is 0 Å². The maximum absolute atomic E-state index is 12.7. The second kappa shape index (κ2) is 7.90. The third-order valence-electron chi connectivity index (χ3n) is 4.00. The quantitative estimate of drug-likeness (QED) is 0.335. The molecular weight excluding hydrogens is 402 g/mol. The molecule has 8 nitrogen and oxygen atoms in total. The van der Waals surface area contributed by atoms with E-state index in [2.05, 4.69) is 10.3 Å². The molecule has 148 valence electrons. The molecule has 1 aromatic heterocycles. The van der Waals surface area contributed by atoms with Crippen molar-refractivity contribution in [2.75, 3.05) is 0 Å². The summed E-state index contributed by atoms with van der Waals surface area (Å²) < 4.78 is 5.38. The van der Waals surface area contributed by atoms with Crippen LogP contribution in [0.3, 0.4) is 0 Å². The molecule has 0 aromatic carbocycles. The maximum atomic E-state index is 12.7. The lowest BCUT2D eigenvalue weighted by Gasteiger charge is -2.51. The van der Waals surface area contributed by atoms with Gasteiger partial charge in [0.1, 0.15) is 17.0 Å². The van der Waals surface area contributed by atoms with E-state index in [0.717, 1.165) is 4.88 Å². The lowest BCUT2D eigenvalue weighted by molar-refractivity contribution is -0.170. The summed E-state index contributed by atoms with van der Waals surface area (Å²) in [4.78, 5) is 54.0. The number of thiophene rings is 1. The van der Waals surface area contributed by atoms with Crippen LogP contribution in [-0.4, -0.2) is 51.8 Å². The first-order valence-electron chi connectivity index (χ1n) is 8.51. The van der Waals surface area contributed by atoms with Gasteiger partial charge in [-0.1, -0.05) is 6.07 Å². The highest BCUT2D eigenvalue weighted by Gasteiger charge is 2.56. The Labute approximate surface area is 170 Å². The van der Waals surface area contributed by atoms with E-state index in [9.17, 15) is 19.2 Å². The smallest absolute Gasteiger partial charge is 0.335 e. The second-order valence-corrected chi connectivity index (χ2v) is 9.28. The van der Waals surface area contributed by atoms with E-state index in [1.54, 1.807) is 20.8 Å². The van der Waals surface area contributed by atoms with Crippen molar-refractivity contribution in [3.8, 4) is 0 Å². The van der Waals surface area contributed by atoms with Gasteiger partial charge in [-0.25, -0.2) is 9.59 Å². The van der Waals surface area contributed by atoms with E-state index in [-0.39, 0.29) is 18.0 Å². The molecule has 0 spiro atoms. The lowest BCUT2D eigenvalue weighted by Crippen LogP contribution is -2.74. The van der Waals surface area contributed by atoms with Gasteiger partial charge in [-0.15, -0.1) is 23.1 Å². The number of thioether (sulfide) groups is 1. The number of fused-ring (bicyclic) bond motifs is 1. The predicted molar refractivity (Wildman–Crippen MR) is 104 cm³/mol. The third kappa shape index (κ3) is 4.19. The van der Waals surface area contributed by atoms with Crippen LogP contribution in [0, 0.1) is 0 Å². The molecule has 2 unspecified atom stereocenters. The molecule has 3 atom stereocenters. The molecule has 2 amide bonds. The van der Waals surface area contributed by atoms with Crippen LogP contribution in [0.5, 0.6) is 0 Å². The number of hydrogen-bond donors (Lipinski definition) is 1. The number of amides is 2. The lowest BCUT2D eigenvalue weighted by atomic mass is 10.0. The highest BCUT2D eigenvalue weighted by molar-refractivity contribution is 8.02. The van der Waals surface area contributed by atoms with E-state index >= 15 is 0 Å². The van der Waals surface area contributed by atoms with Crippen LogP contribution in [0.1, 0.15) is 25.6 Å². The fourth-order valence-electron chi connectivity index (χ4n) is 2.91. The first-order chi connectivity index (χ1) is 13.2. The van der Waals surface area contributed by atoms with E-state index < -0.39 is 34.9 Å². The number of carbonyl (C=O) groups is 3. The number of aliphatic imine (C=N–C) groups is 1. The van der Waals surface area contributed by atoms with E-state index in [4.69, 9.17) is 4.74 Å². The zero-order valence-electron chi connectivity index (χ0n) is 15.5. The van der Waals surface area contributed by atoms with Crippen molar-refractivity contribution in [3.63, 3.8) is 0 Å². The minimum atomic E-state index is -1.13. The third-order valence-corrected chi connectivity index (χ3v) is 6.03. The zero-order valence-corrected chi connectivity index (χ0v) is 17.1. The summed E-state index contributed by atoms with van der Waals surface area (Å²) in [6.07, 6.45) is 1.59.